The number of fused-ring (bicyclic) bond motifs is 2. The van der Waals surface area contributed by atoms with E-state index in [1.165, 1.54) is 18.2 Å². The molecule has 6 rings (SSSR count). The van der Waals surface area contributed by atoms with Gasteiger partial charge in [0.15, 0.2) is 14.7 Å². The summed E-state index contributed by atoms with van der Waals surface area (Å²) in [6.07, 6.45) is 8.47. The Bertz CT molecular complexity index is 1460. The van der Waals surface area contributed by atoms with Gasteiger partial charge in [-0.1, -0.05) is 11.6 Å². The van der Waals surface area contributed by atoms with E-state index in [-0.39, 0.29) is 35.5 Å². The van der Waals surface area contributed by atoms with Crippen molar-refractivity contribution in [1.29, 1.82) is 0 Å². The Morgan fingerprint density at radius 3 is 2.76 bits per heavy atom. The Hall–Kier alpha value is -2.53. The number of rotatable bonds is 4. The number of halogens is 1. The number of ketones is 1. The maximum atomic E-state index is 13.5. The van der Waals surface area contributed by atoms with Crippen LogP contribution in [0, 0.1) is 5.92 Å². The van der Waals surface area contributed by atoms with Crippen molar-refractivity contribution in [2.45, 2.75) is 54.0 Å². The number of nitrogens with zero attached hydrogens (tertiary/aromatic N) is 3. The van der Waals surface area contributed by atoms with Gasteiger partial charge in [-0.05, 0) is 37.8 Å². The van der Waals surface area contributed by atoms with E-state index in [2.05, 4.69) is 14.8 Å². The molecule has 3 atom stereocenters. The second-order valence-corrected chi connectivity index (χ2v) is 13.1. The lowest BCUT2D eigenvalue weighted by Crippen LogP contribution is -2.47. The van der Waals surface area contributed by atoms with Gasteiger partial charge in [0, 0.05) is 55.1 Å². The number of likely N-dealkylation sites (tertiary alicyclic amines) is 1. The maximum Gasteiger partial charge on any atom is 0.211 e. The SMILES string of the molecule is O=C1CC(S(=O)(=O)c2coc3cc(Cl)ccc3c2=O)CC2OC3(CCN(CN4C=CN=CC4)CC3)CC12. The fourth-order valence-corrected chi connectivity index (χ4v) is 8.02. The highest BCUT2D eigenvalue weighted by Crippen LogP contribution is 2.47. The van der Waals surface area contributed by atoms with Crippen LogP contribution in [0.4, 0.5) is 0 Å². The van der Waals surface area contributed by atoms with Gasteiger partial charge in [0.2, 0.25) is 5.43 Å². The molecule has 0 N–H and O–H groups in total. The molecule has 3 unspecified atom stereocenters. The van der Waals surface area contributed by atoms with Crippen LogP contribution in [0.5, 0.6) is 0 Å². The quantitative estimate of drug-likeness (QED) is 0.577. The van der Waals surface area contributed by atoms with E-state index in [0.29, 0.717) is 11.4 Å². The molecule has 196 valence electrons. The summed E-state index contributed by atoms with van der Waals surface area (Å²) in [6.45, 7) is 3.29. The summed E-state index contributed by atoms with van der Waals surface area (Å²) in [5.41, 5.74) is -0.827. The molecule has 11 heteroatoms. The molecule has 1 aromatic heterocycles. The zero-order valence-corrected chi connectivity index (χ0v) is 21.8. The average molecular weight is 546 g/mol. The van der Waals surface area contributed by atoms with Gasteiger partial charge in [-0.25, -0.2) is 8.42 Å². The fourth-order valence-electron chi connectivity index (χ4n) is 6.12. The van der Waals surface area contributed by atoms with Gasteiger partial charge in [0.05, 0.1) is 35.6 Å². The third-order valence-electron chi connectivity index (χ3n) is 8.16. The molecule has 0 amide bonds. The van der Waals surface area contributed by atoms with Gasteiger partial charge in [0.1, 0.15) is 17.6 Å². The molecule has 0 bridgehead atoms. The number of sulfone groups is 1. The minimum Gasteiger partial charge on any atom is -0.463 e. The Morgan fingerprint density at radius 1 is 1.19 bits per heavy atom. The predicted octanol–water partition coefficient (Wildman–Crippen LogP) is 3.01. The van der Waals surface area contributed by atoms with Crippen molar-refractivity contribution in [3.05, 3.63) is 52.1 Å². The molecule has 1 aromatic carbocycles. The van der Waals surface area contributed by atoms with Crippen LogP contribution < -0.4 is 5.43 Å². The van der Waals surface area contributed by atoms with E-state index in [4.69, 9.17) is 20.8 Å². The van der Waals surface area contributed by atoms with E-state index >= 15 is 0 Å². The average Bonchev–Trinajstić information content (AvgIpc) is 3.25. The molecule has 3 aliphatic heterocycles. The van der Waals surface area contributed by atoms with Crippen LogP contribution in [0.15, 0.2) is 56.0 Å². The highest BCUT2D eigenvalue weighted by molar-refractivity contribution is 7.92. The molecule has 2 saturated heterocycles. The van der Waals surface area contributed by atoms with Crippen LogP contribution in [-0.2, 0) is 19.4 Å². The molecule has 3 fully saturated rings. The van der Waals surface area contributed by atoms with Crippen LogP contribution in [-0.4, -0.2) is 73.5 Å². The first-order chi connectivity index (χ1) is 17.7. The number of piperidine rings is 1. The van der Waals surface area contributed by atoms with Gasteiger partial charge >= 0.3 is 0 Å². The van der Waals surface area contributed by atoms with Crippen molar-refractivity contribution in [1.82, 2.24) is 9.80 Å². The van der Waals surface area contributed by atoms with Crippen molar-refractivity contribution in [2.24, 2.45) is 10.9 Å². The number of carbonyl (C=O) groups excluding carboxylic acids is 1. The zero-order valence-electron chi connectivity index (χ0n) is 20.2. The molecule has 4 heterocycles. The molecule has 9 nitrogen and oxygen atoms in total. The summed E-state index contributed by atoms with van der Waals surface area (Å²) in [5, 5.41) is -0.497. The minimum absolute atomic E-state index is 0.0983. The number of ether oxygens (including phenoxy) is 1. The summed E-state index contributed by atoms with van der Waals surface area (Å²) >= 11 is 5.96. The Balaban J connectivity index is 1.16. The number of carbonyl (C=O) groups is 1. The first-order valence-electron chi connectivity index (χ1n) is 12.5. The van der Waals surface area contributed by atoms with Gasteiger partial charge in [-0.3, -0.25) is 19.5 Å². The molecule has 1 spiro atoms. The summed E-state index contributed by atoms with van der Waals surface area (Å²) in [6, 6.07) is 4.44. The smallest absolute Gasteiger partial charge is 0.211 e. The molecule has 1 saturated carbocycles. The normalized spacial score (nSPS) is 27.8. The lowest BCUT2D eigenvalue weighted by atomic mass is 9.79. The standard InChI is InChI=1S/C26H28ClN3O6S/c27-17-1-2-19-22(11-17)35-15-24(25(19)32)37(33,34)18-12-21(31)20-14-26(36-23(20)13-18)3-7-29(8-4-26)16-30-9-5-28-6-10-30/h1-2,5-6,9,11,15,18,20,23H,3-4,7-8,10,12-14,16H2. The Morgan fingerprint density at radius 2 is 2.00 bits per heavy atom. The van der Waals surface area contributed by atoms with E-state index in [0.717, 1.165) is 45.4 Å². The second kappa shape index (κ2) is 9.34. The molecular formula is C26H28ClN3O6S. The molecule has 1 aliphatic carbocycles. The summed E-state index contributed by atoms with van der Waals surface area (Å²) in [5.74, 6) is -0.395. The van der Waals surface area contributed by atoms with Gasteiger partial charge in [-0.15, -0.1) is 0 Å². The van der Waals surface area contributed by atoms with Crippen LogP contribution in [0.1, 0.15) is 32.1 Å². The second-order valence-electron chi connectivity index (χ2n) is 10.5. The van der Waals surface area contributed by atoms with Crippen LogP contribution in [0.2, 0.25) is 5.02 Å². The van der Waals surface area contributed by atoms with Gasteiger partial charge in [0.25, 0.3) is 0 Å². The lowest BCUT2D eigenvalue weighted by molar-refractivity contribution is -0.128. The molecule has 2 aromatic rings. The van der Waals surface area contributed by atoms with E-state index in [1.54, 1.807) is 6.20 Å². The van der Waals surface area contributed by atoms with Crippen molar-refractivity contribution in [3.8, 4) is 0 Å². The molecular weight excluding hydrogens is 518 g/mol. The third-order valence-corrected chi connectivity index (χ3v) is 10.5. The maximum absolute atomic E-state index is 13.5. The largest absolute Gasteiger partial charge is 0.463 e. The van der Waals surface area contributed by atoms with Crippen molar-refractivity contribution >= 4 is 44.4 Å². The minimum atomic E-state index is -4.10. The molecule has 37 heavy (non-hydrogen) atoms. The highest BCUT2D eigenvalue weighted by Gasteiger charge is 2.54. The summed E-state index contributed by atoms with van der Waals surface area (Å²) in [4.78, 5) is 34.4. The lowest BCUT2D eigenvalue weighted by Gasteiger charge is -2.40. The first kappa shape index (κ1) is 24.8. The molecule has 4 aliphatic rings. The van der Waals surface area contributed by atoms with Gasteiger partial charge in [-0.2, -0.15) is 0 Å². The fraction of sp³-hybridized carbons (Fsp3) is 0.500. The number of aliphatic imine (C=N–C) groups is 1. The van der Waals surface area contributed by atoms with Crippen LogP contribution >= 0.6 is 11.6 Å². The number of hydrogen-bond donors (Lipinski definition) is 0. The van der Waals surface area contributed by atoms with E-state index in [1.807, 2.05) is 12.4 Å². The monoisotopic (exact) mass is 545 g/mol. The Labute approximate surface area is 219 Å². The molecule has 0 radical (unpaired) electrons. The van der Waals surface area contributed by atoms with Crippen molar-refractivity contribution in [3.63, 3.8) is 0 Å². The first-order valence-corrected chi connectivity index (χ1v) is 14.5. The number of Topliss-reactive ketones (excluding diaryl/α,β-unsaturated/α-hetero) is 1. The summed E-state index contributed by atoms with van der Waals surface area (Å²) in [7, 11) is -4.10. The third kappa shape index (κ3) is 4.54. The Kier molecular flexibility index (Phi) is 6.26. The van der Waals surface area contributed by atoms with Gasteiger partial charge < -0.3 is 14.1 Å². The van der Waals surface area contributed by atoms with E-state index in [9.17, 15) is 18.0 Å². The van der Waals surface area contributed by atoms with E-state index < -0.39 is 37.1 Å². The topological polar surface area (TPSA) is 109 Å². The number of hydrogen-bond acceptors (Lipinski definition) is 9. The highest BCUT2D eigenvalue weighted by atomic mass is 35.5. The van der Waals surface area contributed by atoms with Crippen molar-refractivity contribution < 1.29 is 22.4 Å². The van der Waals surface area contributed by atoms with Crippen LogP contribution in [0.3, 0.4) is 0 Å². The summed E-state index contributed by atoms with van der Waals surface area (Å²) < 4.78 is 39.0. The number of benzene rings is 1. The zero-order chi connectivity index (χ0) is 25.8. The van der Waals surface area contributed by atoms with Crippen molar-refractivity contribution in [2.75, 3.05) is 26.3 Å². The van der Waals surface area contributed by atoms with Crippen LogP contribution in [0.25, 0.3) is 11.0 Å². The predicted molar refractivity (Wildman–Crippen MR) is 138 cm³/mol.